The Hall–Kier alpha value is -2.34. The molecule has 1 aromatic carbocycles. The minimum Gasteiger partial charge on any atom is -0.497 e. The van der Waals surface area contributed by atoms with Gasteiger partial charge in [-0.2, -0.15) is 0 Å². The molecule has 2 rings (SSSR count). The largest absolute Gasteiger partial charge is 0.497 e. The lowest BCUT2D eigenvalue weighted by Gasteiger charge is -2.17. The number of benzene rings is 1. The molecule has 0 bridgehead atoms. The van der Waals surface area contributed by atoms with Gasteiger partial charge in [0, 0.05) is 5.69 Å². The number of aromatic nitrogens is 1. The molecule has 1 unspecified atom stereocenters. The first kappa shape index (κ1) is 17.0. The summed E-state index contributed by atoms with van der Waals surface area (Å²) in [6, 6.07) is 13.3. The minimum absolute atomic E-state index is 0.0573. The highest BCUT2D eigenvalue weighted by molar-refractivity contribution is 7.80. The second kappa shape index (κ2) is 8.33. The molecule has 0 radical (unpaired) electrons. The van der Waals surface area contributed by atoms with Crippen molar-refractivity contribution in [2.45, 2.75) is 19.9 Å². The van der Waals surface area contributed by atoms with Crippen LogP contribution >= 0.6 is 12.2 Å². The van der Waals surface area contributed by atoms with E-state index in [1.165, 1.54) is 0 Å². The van der Waals surface area contributed by atoms with E-state index in [-0.39, 0.29) is 6.04 Å². The maximum atomic E-state index is 5.72. The highest BCUT2D eigenvalue weighted by atomic mass is 32.1. The van der Waals surface area contributed by atoms with Crippen molar-refractivity contribution in [3.63, 3.8) is 0 Å². The topological polar surface area (TPSA) is 55.4 Å². The van der Waals surface area contributed by atoms with Crippen molar-refractivity contribution in [3.8, 4) is 11.5 Å². The molecule has 1 atom stereocenters. The number of ether oxygens (including phenoxy) is 2. The smallest absolute Gasteiger partial charge is 0.172 e. The Kier molecular flexibility index (Phi) is 6.17. The van der Waals surface area contributed by atoms with Crippen LogP contribution in [0.5, 0.6) is 11.5 Å². The van der Waals surface area contributed by atoms with Crippen LogP contribution in [-0.4, -0.2) is 29.9 Å². The Balaban J connectivity index is 1.77. The van der Waals surface area contributed by atoms with Gasteiger partial charge in [0.2, 0.25) is 0 Å². The molecule has 5 nitrogen and oxygen atoms in total. The van der Waals surface area contributed by atoms with E-state index in [4.69, 9.17) is 21.7 Å². The number of nitrogens with zero attached hydrogens (tertiary/aromatic N) is 1. The summed E-state index contributed by atoms with van der Waals surface area (Å²) in [4.78, 5) is 4.35. The van der Waals surface area contributed by atoms with E-state index in [1.54, 1.807) is 7.11 Å². The van der Waals surface area contributed by atoms with E-state index in [0.29, 0.717) is 11.7 Å². The van der Waals surface area contributed by atoms with Crippen LogP contribution in [-0.2, 0) is 0 Å². The molecule has 0 fully saturated rings. The Morgan fingerprint density at radius 2 is 1.87 bits per heavy atom. The molecule has 1 heterocycles. The lowest BCUT2D eigenvalue weighted by atomic mass is 10.3. The summed E-state index contributed by atoms with van der Waals surface area (Å²) in [5, 5.41) is 6.76. The predicted octanol–water partition coefficient (Wildman–Crippen LogP) is 3.15. The Bertz CT molecular complexity index is 647. The number of pyridine rings is 1. The molecule has 2 N–H and O–H groups in total. The second-order valence-corrected chi connectivity index (χ2v) is 5.56. The van der Waals surface area contributed by atoms with E-state index in [9.17, 15) is 0 Å². The molecule has 122 valence electrons. The van der Waals surface area contributed by atoms with Crippen LogP contribution in [0.1, 0.15) is 12.6 Å². The molecule has 0 amide bonds. The molecule has 2 aromatic rings. The Labute approximate surface area is 142 Å². The zero-order chi connectivity index (χ0) is 16.7. The first-order valence-electron chi connectivity index (χ1n) is 7.35. The quantitative estimate of drug-likeness (QED) is 0.793. The Morgan fingerprint density at radius 1 is 1.17 bits per heavy atom. The van der Waals surface area contributed by atoms with Gasteiger partial charge in [-0.05, 0) is 62.5 Å². The van der Waals surface area contributed by atoms with E-state index >= 15 is 0 Å². The van der Waals surface area contributed by atoms with Gasteiger partial charge in [-0.15, -0.1) is 0 Å². The van der Waals surface area contributed by atoms with Crippen LogP contribution in [0.25, 0.3) is 0 Å². The van der Waals surface area contributed by atoms with Crippen molar-refractivity contribution >= 4 is 23.1 Å². The van der Waals surface area contributed by atoms with Crippen LogP contribution in [0.3, 0.4) is 0 Å². The number of aryl methyl sites for hydroxylation is 1. The summed E-state index contributed by atoms with van der Waals surface area (Å²) in [5.41, 5.74) is 0.939. The van der Waals surface area contributed by atoms with Gasteiger partial charge in [-0.1, -0.05) is 6.07 Å². The standard InChI is InChI=1S/C17H21N3O2S/c1-12-5-4-6-16(18-12)20-17(23)19-13(2)11-22-15-9-7-14(21-3)8-10-15/h4-10,13H,11H2,1-3H3,(H2,18,19,20,23). The number of anilines is 1. The molecular weight excluding hydrogens is 310 g/mol. The SMILES string of the molecule is COc1ccc(OCC(C)NC(=S)Nc2cccc(C)n2)cc1. The predicted molar refractivity (Wildman–Crippen MR) is 96.3 cm³/mol. The molecule has 0 saturated heterocycles. The average Bonchev–Trinajstić information content (AvgIpc) is 2.53. The zero-order valence-corrected chi connectivity index (χ0v) is 14.3. The highest BCUT2D eigenvalue weighted by Gasteiger charge is 2.06. The van der Waals surface area contributed by atoms with Crippen LogP contribution in [0.2, 0.25) is 0 Å². The maximum absolute atomic E-state index is 5.72. The van der Waals surface area contributed by atoms with Crippen molar-refractivity contribution in [2.75, 3.05) is 19.0 Å². The fourth-order valence-corrected chi connectivity index (χ4v) is 2.23. The molecule has 0 aliphatic heterocycles. The number of hydrogen-bond donors (Lipinski definition) is 2. The maximum Gasteiger partial charge on any atom is 0.172 e. The summed E-state index contributed by atoms with van der Waals surface area (Å²) < 4.78 is 10.8. The molecule has 0 saturated carbocycles. The van der Waals surface area contributed by atoms with Crippen molar-refractivity contribution in [1.82, 2.24) is 10.3 Å². The fraction of sp³-hybridized carbons (Fsp3) is 0.294. The van der Waals surface area contributed by atoms with Crippen molar-refractivity contribution in [1.29, 1.82) is 0 Å². The number of methoxy groups -OCH3 is 1. The van der Waals surface area contributed by atoms with Gasteiger partial charge in [-0.3, -0.25) is 0 Å². The summed E-state index contributed by atoms with van der Waals surface area (Å²) in [5.74, 6) is 2.32. The molecule has 23 heavy (non-hydrogen) atoms. The number of nitrogens with one attached hydrogen (secondary N) is 2. The molecule has 0 aliphatic carbocycles. The lowest BCUT2D eigenvalue weighted by molar-refractivity contribution is 0.286. The van der Waals surface area contributed by atoms with Crippen LogP contribution in [0.15, 0.2) is 42.5 Å². The number of thiocarbonyl (C=S) groups is 1. The first-order valence-corrected chi connectivity index (χ1v) is 7.75. The molecule has 0 spiro atoms. The van der Waals surface area contributed by atoms with Crippen molar-refractivity contribution in [3.05, 3.63) is 48.2 Å². The van der Waals surface area contributed by atoms with Crippen molar-refractivity contribution in [2.24, 2.45) is 0 Å². The summed E-state index contributed by atoms with van der Waals surface area (Å²) >= 11 is 5.28. The van der Waals surface area contributed by atoms with Crippen molar-refractivity contribution < 1.29 is 9.47 Å². The third-order valence-corrected chi connectivity index (χ3v) is 3.29. The Morgan fingerprint density at radius 3 is 2.52 bits per heavy atom. The summed E-state index contributed by atoms with van der Waals surface area (Å²) in [6.07, 6.45) is 0. The van der Waals surface area contributed by atoms with E-state index < -0.39 is 0 Å². The first-order chi connectivity index (χ1) is 11.1. The van der Waals surface area contributed by atoms with Gasteiger partial charge in [-0.25, -0.2) is 4.98 Å². The van der Waals surface area contributed by atoms with Gasteiger partial charge in [0.25, 0.3) is 0 Å². The molecular formula is C17H21N3O2S. The monoisotopic (exact) mass is 331 g/mol. The number of hydrogen-bond acceptors (Lipinski definition) is 4. The van der Waals surface area contributed by atoms with Crippen LogP contribution < -0.4 is 20.1 Å². The minimum atomic E-state index is 0.0573. The normalized spacial score (nSPS) is 11.4. The van der Waals surface area contributed by atoms with Crippen LogP contribution in [0.4, 0.5) is 5.82 Å². The fourth-order valence-electron chi connectivity index (χ4n) is 1.92. The van der Waals surface area contributed by atoms with Gasteiger partial charge >= 0.3 is 0 Å². The van der Waals surface area contributed by atoms with E-state index in [0.717, 1.165) is 23.0 Å². The van der Waals surface area contributed by atoms with Crippen LogP contribution in [0, 0.1) is 6.92 Å². The summed E-state index contributed by atoms with van der Waals surface area (Å²) in [7, 11) is 1.64. The lowest BCUT2D eigenvalue weighted by Crippen LogP contribution is -2.39. The average molecular weight is 331 g/mol. The van der Waals surface area contributed by atoms with Gasteiger partial charge < -0.3 is 20.1 Å². The highest BCUT2D eigenvalue weighted by Crippen LogP contribution is 2.17. The van der Waals surface area contributed by atoms with Gasteiger partial charge in [0.1, 0.15) is 23.9 Å². The van der Waals surface area contributed by atoms with Gasteiger partial charge in [0.05, 0.1) is 13.2 Å². The molecule has 0 aliphatic rings. The third kappa shape index (κ3) is 5.75. The van der Waals surface area contributed by atoms with E-state index in [2.05, 4.69) is 15.6 Å². The third-order valence-electron chi connectivity index (χ3n) is 3.07. The number of rotatable bonds is 6. The summed E-state index contributed by atoms with van der Waals surface area (Å²) in [6.45, 7) is 4.43. The molecule has 1 aromatic heterocycles. The van der Waals surface area contributed by atoms with Gasteiger partial charge in [0.15, 0.2) is 5.11 Å². The van der Waals surface area contributed by atoms with E-state index in [1.807, 2.05) is 56.3 Å². The molecule has 6 heteroatoms. The zero-order valence-electron chi connectivity index (χ0n) is 13.5. The second-order valence-electron chi connectivity index (χ2n) is 5.15.